The first-order valence-electron chi connectivity index (χ1n) is 7.54. The first-order valence-corrected chi connectivity index (χ1v) is 7.92. The number of halogens is 1. The molecule has 6 heteroatoms. The molecule has 114 valence electrons. The fourth-order valence-electron chi connectivity index (χ4n) is 2.98. The Bertz CT molecular complexity index is 538. The summed E-state index contributed by atoms with van der Waals surface area (Å²) in [6.45, 7) is 2.89. The molecule has 2 aliphatic heterocycles. The van der Waals surface area contributed by atoms with Gasteiger partial charge in [0.15, 0.2) is 0 Å². The van der Waals surface area contributed by atoms with E-state index in [4.69, 9.17) is 16.3 Å². The second-order valence-corrected chi connectivity index (χ2v) is 6.05. The molecule has 3 unspecified atom stereocenters. The lowest BCUT2D eigenvalue weighted by molar-refractivity contribution is 0.0837. The Morgan fingerprint density at radius 3 is 3.00 bits per heavy atom. The van der Waals surface area contributed by atoms with Gasteiger partial charge >= 0.3 is 0 Å². The number of ether oxygens (including phenoxy) is 1. The van der Waals surface area contributed by atoms with Gasteiger partial charge in [-0.1, -0.05) is 18.5 Å². The zero-order chi connectivity index (χ0) is 14.8. The van der Waals surface area contributed by atoms with Gasteiger partial charge < -0.3 is 15.4 Å². The van der Waals surface area contributed by atoms with Crippen molar-refractivity contribution >= 4 is 23.3 Å². The van der Waals surface area contributed by atoms with Crippen LogP contribution in [0.5, 0.6) is 0 Å². The average molecular weight is 310 g/mol. The van der Waals surface area contributed by atoms with Crippen molar-refractivity contribution in [3.8, 4) is 0 Å². The van der Waals surface area contributed by atoms with Crippen LogP contribution in [0.3, 0.4) is 0 Å². The Hall–Kier alpha value is -1.33. The number of rotatable bonds is 5. The highest BCUT2D eigenvalue weighted by molar-refractivity contribution is 6.33. The quantitative estimate of drug-likeness (QED) is 0.877. The van der Waals surface area contributed by atoms with Crippen LogP contribution in [0.4, 0.5) is 5.82 Å². The summed E-state index contributed by atoms with van der Waals surface area (Å²) in [5.41, 5.74) is 0.278. The lowest BCUT2D eigenvalue weighted by Crippen LogP contribution is -2.41. The largest absolute Gasteiger partial charge is 0.373 e. The summed E-state index contributed by atoms with van der Waals surface area (Å²) in [6, 6.07) is 3.58. The molecule has 0 spiro atoms. The van der Waals surface area contributed by atoms with Crippen LogP contribution in [0.1, 0.15) is 43.1 Å². The Morgan fingerprint density at radius 2 is 2.33 bits per heavy atom. The zero-order valence-electron chi connectivity index (χ0n) is 12.1. The van der Waals surface area contributed by atoms with Crippen molar-refractivity contribution in [2.45, 2.75) is 50.9 Å². The van der Waals surface area contributed by atoms with Gasteiger partial charge in [-0.05, 0) is 37.8 Å². The standard InChI is InChI=1S/C15H20ClN3O2/c1-2-7-17-13-6-4-10(16)14(19-13)15(20)18-11-8-9-3-5-12(11)21-9/h4,6,9,11-12H,2-3,5,7-8H2,1H3,(H,17,19)(H,18,20). The molecule has 0 aromatic carbocycles. The molecular formula is C15H20ClN3O2. The van der Waals surface area contributed by atoms with Crippen LogP contribution >= 0.6 is 11.6 Å². The molecule has 3 rings (SSSR count). The van der Waals surface area contributed by atoms with Gasteiger partial charge in [0, 0.05) is 6.54 Å². The Kier molecular flexibility index (Phi) is 4.31. The fourth-order valence-corrected chi connectivity index (χ4v) is 3.17. The lowest BCUT2D eigenvalue weighted by Gasteiger charge is -2.20. The van der Waals surface area contributed by atoms with E-state index in [9.17, 15) is 4.79 Å². The summed E-state index contributed by atoms with van der Waals surface area (Å²) in [5, 5.41) is 6.55. The number of nitrogens with one attached hydrogen (secondary N) is 2. The minimum atomic E-state index is -0.221. The van der Waals surface area contributed by atoms with Crippen LogP contribution < -0.4 is 10.6 Å². The van der Waals surface area contributed by atoms with Crippen molar-refractivity contribution in [3.05, 3.63) is 22.8 Å². The van der Waals surface area contributed by atoms with Crippen molar-refractivity contribution in [1.29, 1.82) is 0 Å². The van der Waals surface area contributed by atoms with Crippen molar-refractivity contribution in [2.75, 3.05) is 11.9 Å². The van der Waals surface area contributed by atoms with Crippen LogP contribution in [-0.4, -0.2) is 35.7 Å². The first kappa shape index (κ1) is 14.6. The van der Waals surface area contributed by atoms with E-state index in [0.29, 0.717) is 16.9 Å². The predicted molar refractivity (Wildman–Crippen MR) is 81.8 cm³/mol. The van der Waals surface area contributed by atoms with E-state index in [-0.39, 0.29) is 23.7 Å². The van der Waals surface area contributed by atoms with Gasteiger partial charge in [-0.3, -0.25) is 4.79 Å². The molecule has 0 aliphatic carbocycles. The zero-order valence-corrected chi connectivity index (χ0v) is 12.8. The third kappa shape index (κ3) is 3.14. The van der Waals surface area contributed by atoms with Gasteiger partial charge in [0.2, 0.25) is 0 Å². The van der Waals surface area contributed by atoms with E-state index in [2.05, 4.69) is 22.5 Å². The molecule has 3 heterocycles. The summed E-state index contributed by atoms with van der Waals surface area (Å²) in [7, 11) is 0. The molecule has 21 heavy (non-hydrogen) atoms. The van der Waals surface area contributed by atoms with Gasteiger partial charge in [-0.25, -0.2) is 4.98 Å². The summed E-state index contributed by atoms with van der Waals surface area (Å²) in [5.74, 6) is 0.455. The maximum absolute atomic E-state index is 12.4. The predicted octanol–water partition coefficient (Wildman–Crippen LogP) is 2.61. The Labute approximate surface area is 129 Å². The van der Waals surface area contributed by atoms with Crippen molar-refractivity contribution in [3.63, 3.8) is 0 Å². The molecule has 3 atom stereocenters. The first-order chi connectivity index (χ1) is 10.2. The van der Waals surface area contributed by atoms with Crippen molar-refractivity contribution < 1.29 is 9.53 Å². The molecule has 0 radical (unpaired) electrons. The van der Waals surface area contributed by atoms with Crippen LogP contribution in [0.15, 0.2) is 12.1 Å². The maximum atomic E-state index is 12.4. The van der Waals surface area contributed by atoms with Crippen LogP contribution in [0.2, 0.25) is 5.02 Å². The second-order valence-electron chi connectivity index (χ2n) is 5.64. The number of pyridine rings is 1. The topological polar surface area (TPSA) is 63.2 Å². The van der Waals surface area contributed by atoms with Gasteiger partial charge in [0.25, 0.3) is 5.91 Å². The van der Waals surface area contributed by atoms with Gasteiger partial charge in [-0.15, -0.1) is 0 Å². The molecule has 2 aliphatic rings. The minimum absolute atomic E-state index is 0.0846. The molecule has 2 saturated heterocycles. The highest BCUT2D eigenvalue weighted by Crippen LogP contribution is 2.34. The number of carbonyl (C=O) groups excluding carboxylic acids is 1. The number of nitrogens with zero attached hydrogens (tertiary/aromatic N) is 1. The molecule has 5 nitrogen and oxygen atoms in total. The van der Waals surface area contributed by atoms with E-state index in [1.54, 1.807) is 12.1 Å². The lowest BCUT2D eigenvalue weighted by atomic mass is 9.95. The fraction of sp³-hybridized carbons (Fsp3) is 0.600. The van der Waals surface area contributed by atoms with E-state index in [1.807, 2.05) is 0 Å². The number of hydrogen-bond donors (Lipinski definition) is 2. The van der Waals surface area contributed by atoms with Gasteiger partial charge in [0.05, 0.1) is 23.3 Å². The number of carbonyl (C=O) groups is 1. The summed E-state index contributed by atoms with van der Waals surface area (Å²) >= 11 is 6.11. The van der Waals surface area contributed by atoms with Crippen molar-refractivity contribution in [2.24, 2.45) is 0 Å². The van der Waals surface area contributed by atoms with Gasteiger partial charge in [-0.2, -0.15) is 0 Å². The second kappa shape index (κ2) is 6.20. The minimum Gasteiger partial charge on any atom is -0.373 e. The molecule has 1 aromatic rings. The maximum Gasteiger partial charge on any atom is 0.271 e. The molecule has 1 aromatic heterocycles. The number of anilines is 1. The monoisotopic (exact) mass is 309 g/mol. The third-order valence-electron chi connectivity index (χ3n) is 4.04. The third-order valence-corrected chi connectivity index (χ3v) is 4.34. The number of fused-ring (bicyclic) bond motifs is 2. The molecule has 2 bridgehead atoms. The van der Waals surface area contributed by atoms with Crippen LogP contribution in [0.25, 0.3) is 0 Å². The van der Waals surface area contributed by atoms with Crippen molar-refractivity contribution in [1.82, 2.24) is 10.3 Å². The number of aromatic nitrogens is 1. The normalized spacial score (nSPS) is 26.9. The molecular weight excluding hydrogens is 290 g/mol. The average Bonchev–Trinajstić information content (AvgIpc) is 3.09. The van der Waals surface area contributed by atoms with E-state index in [1.165, 1.54) is 0 Å². The Balaban J connectivity index is 1.68. The molecule has 2 N–H and O–H groups in total. The SMILES string of the molecule is CCCNc1ccc(Cl)c(C(=O)NC2CC3CCC2O3)n1. The van der Waals surface area contributed by atoms with E-state index < -0.39 is 0 Å². The molecule has 0 saturated carbocycles. The summed E-state index contributed by atoms with van der Waals surface area (Å²) in [6.07, 6.45) is 4.47. The summed E-state index contributed by atoms with van der Waals surface area (Å²) in [4.78, 5) is 16.7. The highest BCUT2D eigenvalue weighted by Gasteiger charge is 2.41. The Morgan fingerprint density at radius 1 is 1.48 bits per heavy atom. The van der Waals surface area contributed by atoms with Crippen LogP contribution in [-0.2, 0) is 4.74 Å². The molecule has 1 amide bonds. The number of amides is 1. The van der Waals surface area contributed by atoms with E-state index >= 15 is 0 Å². The highest BCUT2D eigenvalue weighted by atomic mass is 35.5. The van der Waals surface area contributed by atoms with Crippen LogP contribution in [0, 0.1) is 0 Å². The van der Waals surface area contributed by atoms with E-state index in [0.717, 1.165) is 32.2 Å². The number of hydrogen-bond acceptors (Lipinski definition) is 4. The van der Waals surface area contributed by atoms with Gasteiger partial charge in [0.1, 0.15) is 11.5 Å². The smallest absolute Gasteiger partial charge is 0.271 e. The molecule has 2 fully saturated rings. The summed E-state index contributed by atoms with van der Waals surface area (Å²) < 4.78 is 5.75.